The summed E-state index contributed by atoms with van der Waals surface area (Å²) in [5, 5.41) is 3.48. The highest BCUT2D eigenvalue weighted by atomic mass is 14.9. The van der Waals surface area contributed by atoms with Crippen LogP contribution in [0.15, 0.2) is 54.6 Å². The number of nitrogens with one attached hydrogen (secondary N) is 1. The van der Waals surface area contributed by atoms with E-state index in [-0.39, 0.29) is 0 Å². The summed E-state index contributed by atoms with van der Waals surface area (Å²) in [7, 11) is 2.05. The molecule has 0 fully saturated rings. The van der Waals surface area contributed by atoms with Crippen LogP contribution in [0.5, 0.6) is 0 Å². The topological polar surface area (TPSA) is 12.0 Å². The van der Waals surface area contributed by atoms with Gasteiger partial charge in [-0.15, -0.1) is 0 Å². The van der Waals surface area contributed by atoms with Crippen LogP contribution in [0.3, 0.4) is 0 Å². The molecular formula is C20H27N. The van der Waals surface area contributed by atoms with Gasteiger partial charge < -0.3 is 5.32 Å². The summed E-state index contributed by atoms with van der Waals surface area (Å²) >= 11 is 0. The molecule has 0 aliphatic rings. The fourth-order valence-electron chi connectivity index (χ4n) is 2.99. The van der Waals surface area contributed by atoms with E-state index in [2.05, 4.69) is 80.7 Å². The summed E-state index contributed by atoms with van der Waals surface area (Å²) < 4.78 is 0. The van der Waals surface area contributed by atoms with Crippen molar-refractivity contribution in [2.24, 2.45) is 5.92 Å². The van der Waals surface area contributed by atoms with Crippen LogP contribution in [0, 0.1) is 5.92 Å². The number of likely N-dealkylation sites (N-methyl/N-ethyl adjacent to an activating group) is 1. The number of hydrogen-bond donors (Lipinski definition) is 1. The molecule has 2 rings (SSSR count). The molecule has 2 aromatic rings. The van der Waals surface area contributed by atoms with Crippen LogP contribution in [0.25, 0.3) is 0 Å². The largest absolute Gasteiger partial charge is 0.312 e. The van der Waals surface area contributed by atoms with E-state index in [1.165, 1.54) is 16.7 Å². The lowest BCUT2D eigenvalue weighted by Crippen LogP contribution is -2.22. The molecular weight excluding hydrogens is 254 g/mol. The van der Waals surface area contributed by atoms with Crippen molar-refractivity contribution in [2.75, 3.05) is 7.05 Å². The molecule has 1 nitrogen and oxygen atoms in total. The third-order valence-electron chi connectivity index (χ3n) is 4.12. The maximum atomic E-state index is 3.48. The van der Waals surface area contributed by atoms with Crippen molar-refractivity contribution in [3.8, 4) is 0 Å². The van der Waals surface area contributed by atoms with Crippen molar-refractivity contribution in [3.63, 3.8) is 0 Å². The van der Waals surface area contributed by atoms with Crippen molar-refractivity contribution < 1.29 is 0 Å². The van der Waals surface area contributed by atoms with Gasteiger partial charge in [0.15, 0.2) is 0 Å². The summed E-state index contributed by atoms with van der Waals surface area (Å²) in [5.41, 5.74) is 4.17. The molecule has 112 valence electrons. The molecule has 1 N–H and O–H groups in total. The van der Waals surface area contributed by atoms with E-state index in [1.807, 2.05) is 7.05 Å². The van der Waals surface area contributed by atoms with Gasteiger partial charge in [0.05, 0.1) is 0 Å². The Hall–Kier alpha value is -1.60. The molecule has 0 amide bonds. The SMILES string of the molecule is CNC(c1ccc(CC(C)C)cc1)C(C)c1ccccc1. The number of hydrogen-bond acceptors (Lipinski definition) is 1. The second-order valence-corrected chi connectivity index (χ2v) is 6.31. The van der Waals surface area contributed by atoms with Gasteiger partial charge >= 0.3 is 0 Å². The number of benzene rings is 2. The second-order valence-electron chi connectivity index (χ2n) is 6.31. The Morgan fingerprint density at radius 3 is 1.95 bits per heavy atom. The summed E-state index contributed by atoms with van der Waals surface area (Å²) in [4.78, 5) is 0. The van der Waals surface area contributed by atoms with Gasteiger partial charge in [-0.2, -0.15) is 0 Å². The summed E-state index contributed by atoms with van der Waals surface area (Å²) in [6.45, 7) is 6.82. The predicted molar refractivity (Wildman–Crippen MR) is 91.6 cm³/mol. The second kappa shape index (κ2) is 7.42. The monoisotopic (exact) mass is 281 g/mol. The molecule has 2 unspecified atom stereocenters. The zero-order valence-corrected chi connectivity index (χ0v) is 13.6. The summed E-state index contributed by atoms with van der Waals surface area (Å²) in [6, 6.07) is 20.2. The van der Waals surface area contributed by atoms with Gasteiger partial charge in [-0.05, 0) is 36.1 Å². The molecule has 2 aromatic carbocycles. The highest BCUT2D eigenvalue weighted by Gasteiger charge is 2.18. The summed E-state index contributed by atoms with van der Waals surface area (Å²) in [6.07, 6.45) is 1.15. The lowest BCUT2D eigenvalue weighted by Gasteiger charge is -2.25. The van der Waals surface area contributed by atoms with Gasteiger partial charge in [0.25, 0.3) is 0 Å². The van der Waals surface area contributed by atoms with Crippen LogP contribution in [0.2, 0.25) is 0 Å². The molecule has 0 heterocycles. The first-order valence-electron chi connectivity index (χ1n) is 7.93. The quantitative estimate of drug-likeness (QED) is 0.790. The molecule has 1 heteroatoms. The van der Waals surface area contributed by atoms with Crippen molar-refractivity contribution in [3.05, 3.63) is 71.3 Å². The molecule has 0 saturated heterocycles. The molecule has 0 aromatic heterocycles. The van der Waals surface area contributed by atoms with Crippen LogP contribution < -0.4 is 5.32 Å². The average molecular weight is 281 g/mol. The van der Waals surface area contributed by atoms with Gasteiger partial charge in [-0.1, -0.05) is 75.4 Å². The van der Waals surface area contributed by atoms with Crippen molar-refractivity contribution >= 4 is 0 Å². The van der Waals surface area contributed by atoms with E-state index in [0.29, 0.717) is 17.9 Å². The Labute approximate surface area is 129 Å². The van der Waals surface area contributed by atoms with Crippen LogP contribution in [-0.2, 0) is 6.42 Å². The third-order valence-corrected chi connectivity index (χ3v) is 4.12. The smallest absolute Gasteiger partial charge is 0.0384 e. The van der Waals surface area contributed by atoms with Gasteiger partial charge in [0, 0.05) is 12.0 Å². The van der Waals surface area contributed by atoms with E-state index in [4.69, 9.17) is 0 Å². The fraction of sp³-hybridized carbons (Fsp3) is 0.400. The Balaban J connectivity index is 2.17. The molecule has 0 spiro atoms. The maximum absolute atomic E-state index is 3.48. The molecule has 0 aliphatic carbocycles. The fourth-order valence-corrected chi connectivity index (χ4v) is 2.99. The normalized spacial score (nSPS) is 14.1. The Morgan fingerprint density at radius 1 is 0.810 bits per heavy atom. The van der Waals surface area contributed by atoms with E-state index in [0.717, 1.165) is 6.42 Å². The third kappa shape index (κ3) is 4.18. The Bertz CT molecular complexity index is 528. The van der Waals surface area contributed by atoms with Gasteiger partial charge in [-0.25, -0.2) is 0 Å². The lowest BCUT2D eigenvalue weighted by atomic mass is 9.88. The van der Waals surface area contributed by atoms with Crippen molar-refractivity contribution in [2.45, 2.75) is 39.2 Å². The van der Waals surface area contributed by atoms with Crippen LogP contribution in [0.1, 0.15) is 49.4 Å². The molecule has 0 saturated carbocycles. The highest BCUT2D eigenvalue weighted by Crippen LogP contribution is 2.30. The van der Waals surface area contributed by atoms with E-state index >= 15 is 0 Å². The first-order chi connectivity index (χ1) is 10.1. The Morgan fingerprint density at radius 2 is 1.43 bits per heavy atom. The molecule has 2 atom stereocenters. The first kappa shape index (κ1) is 15.8. The van der Waals surface area contributed by atoms with Gasteiger partial charge in [-0.3, -0.25) is 0 Å². The van der Waals surface area contributed by atoms with E-state index < -0.39 is 0 Å². The zero-order valence-electron chi connectivity index (χ0n) is 13.6. The van der Waals surface area contributed by atoms with E-state index in [1.54, 1.807) is 0 Å². The highest BCUT2D eigenvalue weighted by molar-refractivity contribution is 5.30. The molecule has 21 heavy (non-hydrogen) atoms. The zero-order chi connectivity index (χ0) is 15.2. The van der Waals surface area contributed by atoms with E-state index in [9.17, 15) is 0 Å². The lowest BCUT2D eigenvalue weighted by molar-refractivity contribution is 0.507. The minimum atomic E-state index is 0.348. The van der Waals surface area contributed by atoms with Crippen molar-refractivity contribution in [1.29, 1.82) is 0 Å². The van der Waals surface area contributed by atoms with Crippen molar-refractivity contribution in [1.82, 2.24) is 5.32 Å². The first-order valence-corrected chi connectivity index (χ1v) is 7.93. The van der Waals surface area contributed by atoms with Crippen LogP contribution >= 0.6 is 0 Å². The Kier molecular flexibility index (Phi) is 5.58. The maximum Gasteiger partial charge on any atom is 0.0384 e. The summed E-state index contributed by atoms with van der Waals surface area (Å²) in [5.74, 6) is 1.16. The minimum absolute atomic E-state index is 0.348. The van der Waals surface area contributed by atoms with Crippen LogP contribution in [0.4, 0.5) is 0 Å². The average Bonchev–Trinajstić information content (AvgIpc) is 2.50. The van der Waals surface area contributed by atoms with Crippen LogP contribution in [-0.4, -0.2) is 7.05 Å². The standard InChI is InChI=1S/C20H27N/c1-15(2)14-17-10-12-19(13-11-17)20(21-4)16(3)18-8-6-5-7-9-18/h5-13,15-16,20-21H,14H2,1-4H3. The molecule has 0 radical (unpaired) electrons. The van der Waals surface area contributed by atoms with Gasteiger partial charge in [0.1, 0.15) is 0 Å². The predicted octanol–water partition coefficient (Wildman–Crippen LogP) is 4.95. The number of rotatable bonds is 6. The molecule has 0 aliphatic heterocycles. The van der Waals surface area contributed by atoms with Gasteiger partial charge in [0.2, 0.25) is 0 Å². The minimum Gasteiger partial charge on any atom is -0.312 e. The molecule has 0 bridgehead atoms.